The summed E-state index contributed by atoms with van der Waals surface area (Å²) >= 11 is 0. The van der Waals surface area contributed by atoms with Crippen LogP contribution in [-0.4, -0.2) is 38.7 Å². The summed E-state index contributed by atoms with van der Waals surface area (Å²) in [5.41, 5.74) is 4.14. The molecule has 1 fully saturated rings. The number of fused-ring (bicyclic) bond motifs is 1. The van der Waals surface area contributed by atoms with Crippen molar-refractivity contribution >= 4 is 16.9 Å². The van der Waals surface area contributed by atoms with Crippen molar-refractivity contribution in [3.8, 4) is 11.3 Å². The van der Waals surface area contributed by atoms with Gasteiger partial charge in [-0.25, -0.2) is 4.98 Å². The molecule has 5 nitrogen and oxygen atoms in total. The maximum absolute atomic E-state index is 13.5. The number of rotatable bonds is 2. The van der Waals surface area contributed by atoms with Gasteiger partial charge in [0, 0.05) is 25.7 Å². The van der Waals surface area contributed by atoms with Crippen LogP contribution in [0, 0.1) is 18.8 Å². The lowest BCUT2D eigenvalue weighted by Gasteiger charge is -2.35. The van der Waals surface area contributed by atoms with Gasteiger partial charge in [-0.05, 0) is 31.2 Å². The van der Waals surface area contributed by atoms with Crippen LogP contribution in [0.3, 0.4) is 0 Å². The number of nitrogens with zero attached hydrogens (tertiary/aromatic N) is 4. The minimum Gasteiger partial charge on any atom is -0.338 e. The molecule has 0 unspecified atom stereocenters. The Labute approximate surface area is 160 Å². The molecular formula is C22H26N4O. The van der Waals surface area contributed by atoms with E-state index in [-0.39, 0.29) is 5.91 Å². The van der Waals surface area contributed by atoms with Crippen molar-refractivity contribution in [2.75, 3.05) is 13.1 Å². The SMILES string of the molecule is Cc1nn(C)c2nc(-c3ccccc3)cc(C(=O)N3C[C@H](C)C[C@@H](C)C3)c12. The van der Waals surface area contributed by atoms with E-state index < -0.39 is 0 Å². The first-order valence-electron chi connectivity index (χ1n) is 9.63. The highest BCUT2D eigenvalue weighted by atomic mass is 16.2. The zero-order valence-electron chi connectivity index (χ0n) is 16.4. The van der Waals surface area contributed by atoms with Gasteiger partial charge in [-0.2, -0.15) is 5.10 Å². The molecule has 1 saturated heterocycles. The van der Waals surface area contributed by atoms with Crippen molar-refractivity contribution in [1.29, 1.82) is 0 Å². The Kier molecular flexibility index (Phi) is 4.46. The summed E-state index contributed by atoms with van der Waals surface area (Å²) in [4.78, 5) is 20.3. The smallest absolute Gasteiger partial charge is 0.254 e. The van der Waals surface area contributed by atoms with Crippen molar-refractivity contribution in [2.45, 2.75) is 27.2 Å². The van der Waals surface area contributed by atoms with Crippen molar-refractivity contribution < 1.29 is 4.79 Å². The van der Waals surface area contributed by atoms with Crippen LogP contribution in [0.2, 0.25) is 0 Å². The van der Waals surface area contributed by atoms with Crippen LogP contribution in [0.1, 0.15) is 36.3 Å². The fourth-order valence-electron chi connectivity index (χ4n) is 4.37. The number of hydrogen-bond donors (Lipinski definition) is 0. The maximum Gasteiger partial charge on any atom is 0.254 e. The second-order valence-corrected chi connectivity index (χ2v) is 7.98. The van der Waals surface area contributed by atoms with Gasteiger partial charge in [0.15, 0.2) is 5.65 Å². The summed E-state index contributed by atoms with van der Waals surface area (Å²) in [7, 11) is 1.89. The van der Waals surface area contributed by atoms with Gasteiger partial charge in [-0.15, -0.1) is 0 Å². The Balaban J connectivity index is 1.87. The van der Waals surface area contributed by atoms with Crippen LogP contribution in [0.15, 0.2) is 36.4 Å². The van der Waals surface area contributed by atoms with Gasteiger partial charge in [-0.1, -0.05) is 44.2 Å². The lowest BCUT2D eigenvalue weighted by molar-refractivity contribution is 0.0625. The van der Waals surface area contributed by atoms with Crippen LogP contribution >= 0.6 is 0 Å². The predicted octanol–water partition coefficient (Wildman–Crippen LogP) is 4.06. The number of carbonyl (C=O) groups is 1. The molecule has 4 rings (SSSR count). The van der Waals surface area contributed by atoms with Crippen molar-refractivity contribution in [3.63, 3.8) is 0 Å². The Morgan fingerprint density at radius 3 is 2.44 bits per heavy atom. The third kappa shape index (κ3) is 3.22. The monoisotopic (exact) mass is 362 g/mol. The molecule has 0 bridgehead atoms. The number of pyridine rings is 1. The highest BCUT2D eigenvalue weighted by Gasteiger charge is 2.28. The van der Waals surface area contributed by atoms with E-state index in [1.54, 1.807) is 4.68 Å². The Hall–Kier alpha value is -2.69. The van der Waals surface area contributed by atoms with Crippen LogP contribution in [-0.2, 0) is 7.05 Å². The second kappa shape index (κ2) is 6.80. The molecule has 3 aromatic rings. The molecule has 140 valence electrons. The van der Waals surface area contributed by atoms with Gasteiger partial charge in [0.2, 0.25) is 0 Å². The number of aryl methyl sites for hydroxylation is 2. The third-order valence-electron chi connectivity index (χ3n) is 5.42. The number of carbonyl (C=O) groups excluding carboxylic acids is 1. The molecule has 0 aliphatic carbocycles. The fourth-order valence-corrected chi connectivity index (χ4v) is 4.37. The Morgan fingerprint density at radius 2 is 1.78 bits per heavy atom. The number of benzene rings is 1. The van der Waals surface area contributed by atoms with E-state index in [9.17, 15) is 4.79 Å². The molecule has 3 heterocycles. The molecule has 27 heavy (non-hydrogen) atoms. The summed E-state index contributed by atoms with van der Waals surface area (Å²) < 4.78 is 1.77. The number of piperidine rings is 1. The van der Waals surface area contributed by atoms with Crippen molar-refractivity contribution in [3.05, 3.63) is 47.7 Å². The molecule has 1 aliphatic heterocycles. The first-order chi connectivity index (χ1) is 12.9. The van der Waals surface area contributed by atoms with Gasteiger partial charge in [0.25, 0.3) is 5.91 Å². The van der Waals surface area contributed by atoms with E-state index in [0.717, 1.165) is 41.1 Å². The summed E-state index contributed by atoms with van der Waals surface area (Å²) in [6.45, 7) is 8.02. The Morgan fingerprint density at radius 1 is 1.11 bits per heavy atom. The van der Waals surface area contributed by atoms with Crippen LogP contribution in [0.5, 0.6) is 0 Å². The average molecular weight is 362 g/mol. The minimum absolute atomic E-state index is 0.0917. The number of likely N-dealkylation sites (tertiary alicyclic amines) is 1. The summed E-state index contributed by atoms with van der Waals surface area (Å²) in [5.74, 6) is 1.14. The van der Waals surface area contributed by atoms with Crippen molar-refractivity contribution in [1.82, 2.24) is 19.7 Å². The Bertz CT molecular complexity index is 982. The predicted molar refractivity (Wildman–Crippen MR) is 108 cm³/mol. The minimum atomic E-state index is 0.0917. The quantitative estimate of drug-likeness (QED) is 0.691. The van der Waals surface area contributed by atoms with E-state index in [4.69, 9.17) is 4.98 Å². The lowest BCUT2D eigenvalue weighted by Crippen LogP contribution is -2.42. The van der Waals surface area contributed by atoms with E-state index in [0.29, 0.717) is 17.4 Å². The molecule has 0 saturated carbocycles. The summed E-state index contributed by atoms with van der Waals surface area (Å²) in [6.07, 6.45) is 1.18. The third-order valence-corrected chi connectivity index (χ3v) is 5.42. The lowest BCUT2D eigenvalue weighted by atomic mass is 9.91. The molecule has 1 aliphatic rings. The normalized spacial score (nSPS) is 20.2. The van der Waals surface area contributed by atoms with Gasteiger partial charge in [0.05, 0.1) is 22.3 Å². The standard InChI is InChI=1S/C22H26N4O/c1-14-10-15(2)13-26(12-14)22(27)18-11-19(17-8-6-5-7-9-17)23-21-20(18)16(3)24-25(21)4/h5-9,11,14-15H,10,12-13H2,1-4H3/t14-,15-/m1/s1. The van der Waals surface area contributed by atoms with E-state index in [1.165, 1.54) is 6.42 Å². The molecule has 5 heteroatoms. The van der Waals surface area contributed by atoms with Gasteiger partial charge < -0.3 is 4.90 Å². The molecule has 0 spiro atoms. The molecule has 0 radical (unpaired) electrons. The highest BCUT2D eigenvalue weighted by Crippen LogP contribution is 2.29. The zero-order chi connectivity index (χ0) is 19.1. The van der Waals surface area contributed by atoms with Crippen molar-refractivity contribution in [2.24, 2.45) is 18.9 Å². The first-order valence-corrected chi connectivity index (χ1v) is 9.63. The largest absolute Gasteiger partial charge is 0.338 e. The molecule has 1 amide bonds. The molecule has 1 aromatic carbocycles. The van der Waals surface area contributed by atoms with E-state index >= 15 is 0 Å². The highest BCUT2D eigenvalue weighted by molar-refractivity contribution is 6.07. The van der Waals surface area contributed by atoms with Crippen LogP contribution < -0.4 is 0 Å². The van der Waals surface area contributed by atoms with Crippen LogP contribution in [0.25, 0.3) is 22.3 Å². The molecule has 0 N–H and O–H groups in total. The fraction of sp³-hybridized carbons (Fsp3) is 0.409. The maximum atomic E-state index is 13.5. The number of aromatic nitrogens is 3. The molecular weight excluding hydrogens is 336 g/mol. The molecule has 2 atom stereocenters. The number of amides is 1. The molecule has 2 aromatic heterocycles. The second-order valence-electron chi connectivity index (χ2n) is 7.98. The number of hydrogen-bond acceptors (Lipinski definition) is 3. The summed E-state index contributed by atoms with van der Waals surface area (Å²) in [6, 6.07) is 12.0. The van der Waals surface area contributed by atoms with Gasteiger partial charge in [-0.3, -0.25) is 9.48 Å². The van der Waals surface area contributed by atoms with E-state index in [2.05, 4.69) is 18.9 Å². The van der Waals surface area contributed by atoms with Gasteiger partial charge >= 0.3 is 0 Å². The van der Waals surface area contributed by atoms with Gasteiger partial charge in [0.1, 0.15) is 0 Å². The average Bonchev–Trinajstić information content (AvgIpc) is 2.94. The zero-order valence-corrected chi connectivity index (χ0v) is 16.4. The topological polar surface area (TPSA) is 51.0 Å². The van der Waals surface area contributed by atoms with E-state index in [1.807, 2.05) is 55.3 Å². The summed E-state index contributed by atoms with van der Waals surface area (Å²) in [5, 5.41) is 5.40. The first kappa shape index (κ1) is 17.7. The van der Waals surface area contributed by atoms with Crippen LogP contribution in [0.4, 0.5) is 0 Å².